The first-order valence-corrected chi connectivity index (χ1v) is 6.47. The lowest BCUT2D eigenvalue weighted by Crippen LogP contribution is -2.35. The van der Waals surface area contributed by atoms with E-state index in [1.54, 1.807) is 6.07 Å². The summed E-state index contributed by atoms with van der Waals surface area (Å²) >= 11 is 0. The van der Waals surface area contributed by atoms with Crippen LogP contribution in [0.2, 0.25) is 0 Å². The van der Waals surface area contributed by atoms with Gasteiger partial charge in [-0.05, 0) is 42.0 Å². The summed E-state index contributed by atoms with van der Waals surface area (Å²) in [5.74, 6) is 0.294. The van der Waals surface area contributed by atoms with Crippen molar-refractivity contribution in [3.05, 3.63) is 29.6 Å². The second kappa shape index (κ2) is 5.82. The zero-order valence-corrected chi connectivity index (χ0v) is 10.6. The molecule has 0 spiro atoms. The van der Waals surface area contributed by atoms with Crippen molar-refractivity contribution < 1.29 is 14.4 Å². The van der Waals surface area contributed by atoms with Crippen molar-refractivity contribution >= 4 is 12.6 Å². The van der Waals surface area contributed by atoms with Crippen LogP contribution in [0.25, 0.3) is 0 Å². The molecule has 1 heterocycles. The van der Waals surface area contributed by atoms with Crippen molar-refractivity contribution in [2.45, 2.75) is 26.3 Å². The van der Waals surface area contributed by atoms with Crippen LogP contribution in [0.3, 0.4) is 0 Å². The molecule has 0 aliphatic carbocycles. The molecule has 1 aromatic rings. The van der Waals surface area contributed by atoms with E-state index in [9.17, 15) is 14.4 Å². The van der Waals surface area contributed by atoms with E-state index < -0.39 is 12.9 Å². The molecule has 98 valence electrons. The summed E-state index contributed by atoms with van der Waals surface area (Å²) < 4.78 is 13.1. The summed E-state index contributed by atoms with van der Waals surface area (Å²) in [7, 11) is -1.61. The molecule has 1 aliphatic heterocycles. The second-order valence-electron chi connectivity index (χ2n) is 5.01. The smallest absolute Gasteiger partial charge is 0.423 e. The van der Waals surface area contributed by atoms with Gasteiger partial charge in [-0.15, -0.1) is 0 Å². The van der Waals surface area contributed by atoms with Gasteiger partial charge in [-0.3, -0.25) is 4.90 Å². The predicted octanol–water partition coefficient (Wildman–Crippen LogP) is 0.737. The highest BCUT2D eigenvalue weighted by Gasteiger charge is 2.23. The van der Waals surface area contributed by atoms with Gasteiger partial charge in [0.1, 0.15) is 5.82 Å². The number of benzene rings is 1. The summed E-state index contributed by atoms with van der Waals surface area (Å²) in [5, 5.41) is 18.5. The van der Waals surface area contributed by atoms with Crippen molar-refractivity contribution in [1.82, 2.24) is 4.90 Å². The number of likely N-dealkylation sites (tertiary alicyclic amines) is 1. The van der Waals surface area contributed by atoms with Gasteiger partial charge in [-0.25, -0.2) is 4.39 Å². The van der Waals surface area contributed by atoms with Gasteiger partial charge in [-0.1, -0.05) is 19.4 Å². The molecular formula is C13H19BFNO2. The first kappa shape index (κ1) is 13.5. The Kier molecular flexibility index (Phi) is 4.38. The fraction of sp³-hybridized carbons (Fsp3) is 0.538. The van der Waals surface area contributed by atoms with E-state index in [1.807, 2.05) is 0 Å². The van der Waals surface area contributed by atoms with E-state index in [-0.39, 0.29) is 5.46 Å². The first-order chi connectivity index (χ1) is 8.60. The number of rotatable bonds is 4. The molecule has 18 heavy (non-hydrogen) atoms. The van der Waals surface area contributed by atoms with Crippen LogP contribution in [0, 0.1) is 11.7 Å². The Morgan fingerprint density at radius 3 is 2.83 bits per heavy atom. The SMILES string of the molecule is CCC1CCN(Cc2ccc(F)cc2B(O)O)C1. The summed E-state index contributed by atoms with van der Waals surface area (Å²) in [5.41, 5.74) is 1.07. The number of hydrogen-bond acceptors (Lipinski definition) is 3. The highest BCUT2D eigenvalue weighted by molar-refractivity contribution is 6.59. The Labute approximate surface area is 107 Å². The third kappa shape index (κ3) is 3.10. The molecule has 0 aromatic heterocycles. The minimum Gasteiger partial charge on any atom is -0.423 e. The highest BCUT2D eigenvalue weighted by Crippen LogP contribution is 2.20. The lowest BCUT2D eigenvalue weighted by Gasteiger charge is -2.18. The zero-order chi connectivity index (χ0) is 13.1. The van der Waals surface area contributed by atoms with E-state index in [0.717, 1.165) is 24.6 Å². The lowest BCUT2D eigenvalue weighted by molar-refractivity contribution is 0.315. The molecule has 5 heteroatoms. The number of nitrogens with zero attached hydrogens (tertiary/aromatic N) is 1. The molecule has 0 radical (unpaired) electrons. The maximum Gasteiger partial charge on any atom is 0.488 e. The van der Waals surface area contributed by atoms with E-state index in [4.69, 9.17) is 0 Å². The Hall–Kier alpha value is -0.905. The molecule has 1 aromatic carbocycles. The van der Waals surface area contributed by atoms with Crippen molar-refractivity contribution in [2.24, 2.45) is 5.92 Å². The molecule has 1 atom stereocenters. The zero-order valence-electron chi connectivity index (χ0n) is 10.6. The van der Waals surface area contributed by atoms with Crippen molar-refractivity contribution in [2.75, 3.05) is 13.1 Å². The summed E-state index contributed by atoms with van der Waals surface area (Å²) in [6.45, 7) is 4.91. The molecule has 2 N–H and O–H groups in total. The van der Waals surface area contributed by atoms with Gasteiger partial charge in [0.2, 0.25) is 0 Å². The Bertz CT molecular complexity index is 414. The Morgan fingerprint density at radius 1 is 1.44 bits per heavy atom. The van der Waals surface area contributed by atoms with Gasteiger partial charge >= 0.3 is 7.12 Å². The van der Waals surface area contributed by atoms with Crippen LogP contribution in [-0.2, 0) is 6.54 Å². The average molecular weight is 251 g/mol. The van der Waals surface area contributed by atoms with Crippen LogP contribution in [-0.4, -0.2) is 35.2 Å². The number of halogens is 1. The van der Waals surface area contributed by atoms with Crippen LogP contribution < -0.4 is 5.46 Å². The van der Waals surface area contributed by atoms with E-state index >= 15 is 0 Å². The topological polar surface area (TPSA) is 43.7 Å². The largest absolute Gasteiger partial charge is 0.488 e. The number of hydrogen-bond donors (Lipinski definition) is 2. The molecule has 0 bridgehead atoms. The molecule has 2 rings (SSSR count). The van der Waals surface area contributed by atoms with Gasteiger partial charge in [0, 0.05) is 13.1 Å². The van der Waals surface area contributed by atoms with Crippen molar-refractivity contribution in [3.63, 3.8) is 0 Å². The summed E-state index contributed by atoms with van der Waals surface area (Å²) in [4.78, 5) is 2.29. The quantitative estimate of drug-likeness (QED) is 0.775. The predicted molar refractivity (Wildman–Crippen MR) is 69.9 cm³/mol. The maximum atomic E-state index is 13.1. The molecule has 1 aliphatic rings. The molecule has 1 saturated heterocycles. The van der Waals surface area contributed by atoms with Crippen LogP contribution in [0.5, 0.6) is 0 Å². The fourth-order valence-electron chi connectivity index (χ4n) is 2.58. The molecule has 1 unspecified atom stereocenters. The van der Waals surface area contributed by atoms with Crippen LogP contribution in [0.4, 0.5) is 4.39 Å². The van der Waals surface area contributed by atoms with E-state index in [1.165, 1.54) is 25.0 Å². The van der Waals surface area contributed by atoms with E-state index in [2.05, 4.69) is 11.8 Å². The molecule has 3 nitrogen and oxygen atoms in total. The van der Waals surface area contributed by atoms with Gasteiger partial charge in [-0.2, -0.15) is 0 Å². The Balaban J connectivity index is 2.09. The standard InChI is InChI=1S/C13H19BFNO2/c1-2-10-5-6-16(8-10)9-11-3-4-12(15)7-13(11)14(17)18/h3-4,7,10,17-18H,2,5-6,8-9H2,1H3. The minimum atomic E-state index is -1.61. The summed E-state index contributed by atoms with van der Waals surface area (Å²) in [6.07, 6.45) is 2.37. The summed E-state index contributed by atoms with van der Waals surface area (Å²) in [6, 6.07) is 4.21. The highest BCUT2D eigenvalue weighted by atomic mass is 19.1. The second-order valence-corrected chi connectivity index (χ2v) is 5.01. The molecule has 1 fully saturated rings. The average Bonchev–Trinajstić information content (AvgIpc) is 2.79. The van der Waals surface area contributed by atoms with Crippen LogP contribution in [0.1, 0.15) is 25.3 Å². The molecular weight excluding hydrogens is 232 g/mol. The van der Waals surface area contributed by atoms with Gasteiger partial charge in [0.15, 0.2) is 0 Å². The van der Waals surface area contributed by atoms with Gasteiger partial charge in [0.25, 0.3) is 0 Å². The van der Waals surface area contributed by atoms with Crippen LogP contribution >= 0.6 is 0 Å². The Morgan fingerprint density at radius 2 is 2.22 bits per heavy atom. The minimum absolute atomic E-state index is 0.273. The molecule has 0 amide bonds. The fourth-order valence-corrected chi connectivity index (χ4v) is 2.58. The molecule has 0 saturated carbocycles. The van der Waals surface area contributed by atoms with Crippen molar-refractivity contribution in [3.8, 4) is 0 Å². The van der Waals surface area contributed by atoms with Crippen LogP contribution in [0.15, 0.2) is 18.2 Å². The third-order valence-electron chi connectivity index (χ3n) is 3.73. The maximum absolute atomic E-state index is 13.1. The third-order valence-corrected chi connectivity index (χ3v) is 3.73. The van der Waals surface area contributed by atoms with Gasteiger partial charge in [0.05, 0.1) is 0 Å². The van der Waals surface area contributed by atoms with Crippen molar-refractivity contribution in [1.29, 1.82) is 0 Å². The van der Waals surface area contributed by atoms with Gasteiger partial charge < -0.3 is 10.0 Å². The lowest BCUT2D eigenvalue weighted by atomic mass is 9.77. The van der Waals surface area contributed by atoms with E-state index in [0.29, 0.717) is 6.54 Å². The monoisotopic (exact) mass is 251 g/mol. The normalized spacial score (nSPS) is 20.3. The first-order valence-electron chi connectivity index (χ1n) is 6.47.